The van der Waals surface area contributed by atoms with Crippen LogP contribution in [0.3, 0.4) is 0 Å². The molecule has 6 heteroatoms. The summed E-state index contributed by atoms with van der Waals surface area (Å²) in [5.41, 5.74) is 8.84. The molecular formula is C12H11N5O. The first kappa shape index (κ1) is 10.5. The average Bonchev–Trinajstić information content (AvgIpc) is 2.98. The highest BCUT2D eigenvalue weighted by Crippen LogP contribution is 2.22. The molecule has 0 aliphatic carbocycles. The van der Waals surface area contributed by atoms with Crippen molar-refractivity contribution in [3.63, 3.8) is 0 Å². The third-order valence-electron chi connectivity index (χ3n) is 2.51. The third-order valence-corrected chi connectivity index (χ3v) is 2.51. The zero-order chi connectivity index (χ0) is 12.5. The molecule has 0 aliphatic heterocycles. The predicted molar refractivity (Wildman–Crippen MR) is 66.0 cm³/mol. The maximum Gasteiger partial charge on any atom is 0.222 e. The number of nitrogens with zero attached hydrogens (tertiary/aromatic N) is 4. The van der Waals surface area contributed by atoms with Crippen molar-refractivity contribution in [2.24, 2.45) is 0 Å². The van der Waals surface area contributed by atoms with E-state index in [0.29, 0.717) is 11.6 Å². The van der Waals surface area contributed by atoms with Gasteiger partial charge in [-0.25, -0.2) is 0 Å². The van der Waals surface area contributed by atoms with Gasteiger partial charge in [0.15, 0.2) is 0 Å². The highest BCUT2D eigenvalue weighted by atomic mass is 16.5. The second-order valence-electron chi connectivity index (χ2n) is 3.94. The van der Waals surface area contributed by atoms with Gasteiger partial charge < -0.3 is 10.3 Å². The van der Waals surface area contributed by atoms with Gasteiger partial charge in [-0.2, -0.15) is 15.0 Å². The van der Waals surface area contributed by atoms with Crippen LogP contribution in [-0.2, 0) is 0 Å². The van der Waals surface area contributed by atoms with E-state index < -0.39 is 0 Å². The molecule has 6 nitrogen and oxygen atoms in total. The molecule has 90 valence electrons. The van der Waals surface area contributed by atoms with Gasteiger partial charge in [0, 0.05) is 11.6 Å². The van der Waals surface area contributed by atoms with Crippen LogP contribution in [0.2, 0.25) is 0 Å². The molecule has 0 atom stereocenters. The van der Waals surface area contributed by atoms with Crippen LogP contribution in [0.1, 0.15) is 5.69 Å². The number of rotatable bonds is 2. The van der Waals surface area contributed by atoms with Crippen LogP contribution in [0, 0.1) is 6.92 Å². The minimum Gasteiger partial charge on any atom is -0.368 e. The van der Waals surface area contributed by atoms with Crippen LogP contribution >= 0.6 is 0 Å². The van der Waals surface area contributed by atoms with Crippen LogP contribution in [0.15, 0.2) is 41.1 Å². The van der Waals surface area contributed by atoms with Crippen molar-refractivity contribution in [1.29, 1.82) is 0 Å². The smallest absolute Gasteiger partial charge is 0.222 e. The van der Waals surface area contributed by atoms with E-state index in [1.54, 1.807) is 17.1 Å². The molecule has 0 fully saturated rings. The SMILES string of the molecule is Cc1cnn(-c2cccc(-c3cc(N)on3)c2)n1. The fourth-order valence-corrected chi connectivity index (χ4v) is 1.68. The van der Waals surface area contributed by atoms with Crippen molar-refractivity contribution >= 4 is 5.88 Å². The molecule has 0 aliphatic rings. The first-order valence-electron chi connectivity index (χ1n) is 5.44. The Morgan fingerprint density at radius 1 is 1.28 bits per heavy atom. The number of aromatic nitrogens is 4. The number of hydrogen-bond acceptors (Lipinski definition) is 5. The normalized spacial score (nSPS) is 10.7. The Kier molecular flexibility index (Phi) is 2.33. The Hall–Kier alpha value is -2.63. The van der Waals surface area contributed by atoms with Crippen LogP contribution in [0.4, 0.5) is 5.88 Å². The molecule has 2 heterocycles. The van der Waals surface area contributed by atoms with E-state index in [-0.39, 0.29) is 0 Å². The highest BCUT2D eigenvalue weighted by molar-refractivity contribution is 5.63. The van der Waals surface area contributed by atoms with E-state index in [1.165, 1.54) is 0 Å². The monoisotopic (exact) mass is 241 g/mol. The molecule has 3 rings (SSSR count). The fraction of sp³-hybridized carbons (Fsp3) is 0.0833. The second-order valence-corrected chi connectivity index (χ2v) is 3.94. The molecule has 0 saturated carbocycles. The molecular weight excluding hydrogens is 230 g/mol. The number of hydrogen-bond donors (Lipinski definition) is 1. The molecule has 3 aromatic rings. The molecule has 0 amide bonds. The molecule has 18 heavy (non-hydrogen) atoms. The van der Waals surface area contributed by atoms with Gasteiger partial charge in [-0.05, 0) is 19.1 Å². The molecule has 0 bridgehead atoms. The van der Waals surface area contributed by atoms with Gasteiger partial charge in [0.1, 0.15) is 5.69 Å². The summed E-state index contributed by atoms with van der Waals surface area (Å²) in [6, 6.07) is 9.37. The second kappa shape index (κ2) is 3.99. The lowest BCUT2D eigenvalue weighted by Crippen LogP contribution is -1.98. The largest absolute Gasteiger partial charge is 0.368 e. The predicted octanol–water partition coefficient (Wildman–Crippen LogP) is 1.81. The number of aryl methyl sites for hydroxylation is 1. The van der Waals surface area contributed by atoms with Crippen molar-refractivity contribution in [2.75, 3.05) is 5.73 Å². The summed E-state index contributed by atoms with van der Waals surface area (Å²) in [5, 5.41) is 12.3. The van der Waals surface area contributed by atoms with E-state index in [2.05, 4.69) is 15.4 Å². The number of nitrogens with two attached hydrogens (primary N) is 1. The summed E-state index contributed by atoms with van der Waals surface area (Å²) in [5.74, 6) is 0.295. The van der Waals surface area contributed by atoms with Crippen LogP contribution in [0.25, 0.3) is 16.9 Å². The summed E-state index contributed by atoms with van der Waals surface area (Å²) in [7, 11) is 0. The van der Waals surface area contributed by atoms with E-state index in [1.807, 2.05) is 31.2 Å². The Labute approximate surface area is 103 Å². The van der Waals surface area contributed by atoms with Gasteiger partial charge in [0.05, 0.1) is 17.6 Å². The lowest BCUT2D eigenvalue weighted by Gasteiger charge is -2.01. The maximum absolute atomic E-state index is 5.51. The quantitative estimate of drug-likeness (QED) is 0.739. The molecule has 0 spiro atoms. The summed E-state index contributed by atoms with van der Waals surface area (Å²) < 4.78 is 4.86. The maximum atomic E-state index is 5.51. The summed E-state index contributed by atoms with van der Waals surface area (Å²) >= 11 is 0. The van der Waals surface area contributed by atoms with Crippen molar-refractivity contribution < 1.29 is 4.52 Å². The van der Waals surface area contributed by atoms with Crippen molar-refractivity contribution in [3.8, 4) is 16.9 Å². The Balaban J connectivity index is 2.04. The van der Waals surface area contributed by atoms with Crippen LogP contribution in [0.5, 0.6) is 0 Å². The van der Waals surface area contributed by atoms with Gasteiger partial charge in [0.25, 0.3) is 0 Å². The summed E-state index contributed by atoms with van der Waals surface area (Å²) in [6.07, 6.45) is 1.71. The third kappa shape index (κ3) is 1.84. The molecule has 0 radical (unpaired) electrons. The summed E-state index contributed by atoms with van der Waals surface area (Å²) in [6.45, 7) is 1.89. The van der Waals surface area contributed by atoms with E-state index in [4.69, 9.17) is 10.3 Å². The lowest BCUT2D eigenvalue weighted by molar-refractivity contribution is 0.439. The fourth-order valence-electron chi connectivity index (χ4n) is 1.68. The van der Waals surface area contributed by atoms with Crippen molar-refractivity contribution in [2.45, 2.75) is 6.92 Å². The molecule has 0 unspecified atom stereocenters. The average molecular weight is 241 g/mol. The first-order chi connectivity index (χ1) is 8.72. The van der Waals surface area contributed by atoms with Crippen LogP contribution < -0.4 is 5.73 Å². The molecule has 2 aromatic heterocycles. The molecule has 1 aromatic carbocycles. The Morgan fingerprint density at radius 3 is 2.83 bits per heavy atom. The van der Waals surface area contributed by atoms with Gasteiger partial charge in [-0.3, -0.25) is 0 Å². The zero-order valence-corrected chi connectivity index (χ0v) is 9.74. The van der Waals surface area contributed by atoms with Gasteiger partial charge >= 0.3 is 0 Å². The van der Waals surface area contributed by atoms with Crippen molar-refractivity contribution in [3.05, 3.63) is 42.2 Å². The van der Waals surface area contributed by atoms with E-state index in [0.717, 1.165) is 16.9 Å². The molecule has 0 saturated heterocycles. The van der Waals surface area contributed by atoms with E-state index >= 15 is 0 Å². The summed E-state index contributed by atoms with van der Waals surface area (Å²) in [4.78, 5) is 1.57. The number of benzene rings is 1. The zero-order valence-electron chi connectivity index (χ0n) is 9.74. The topological polar surface area (TPSA) is 82.8 Å². The molecule has 2 N–H and O–H groups in total. The van der Waals surface area contributed by atoms with Gasteiger partial charge in [-0.15, -0.1) is 0 Å². The van der Waals surface area contributed by atoms with Crippen molar-refractivity contribution in [1.82, 2.24) is 20.2 Å². The van der Waals surface area contributed by atoms with Crippen LogP contribution in [-0.4, -0.2) is 20.2 Å². The highest BCUT2D eigenvalue weighted by Gasteiger charge is 2.06. The number of nitrogen functional groups attached to an aromatic ring is 1. The first-order valence-corrected chi connectivity index (χ1v) is 5.44. The number of anilines is 1. The minimum absolute atomic E-state index is 0.295. The Morgan fingerprint density at radius 2 is 2.17 bits per heavy atom. The standard InChI is InChI=1S/C12H11N5O/c1-8-7-14-17(15-8)10-4-2-3-9(5-10)11-6-12(13)18-16-11/h2-7H,13H2,1H3. The minimum atomic E-state index is 0.295. The van der Waals surface area contributed by atoms with E-state index in [9.17, 15) is 0 Å². The van der Waals surface area contributed by atoms with Gasteiger partial charge in [-0.1, -0.05) is 17.3 Å². The van der Waals surface area contributed by atoms with Gasteiger partial charge in [0.2, 0.25) is 5.88 Å². The lowest BCUT2D eigenvalue weighted by atomic mass is 10.1. The Bertz CT molecular complexity index is 630.